The molecule has 388 valence electrons. The Morgan fingerprint density at radius 3 is 2.33 bits per heavy atom. The van der Waals surface area contributed by atoms with Crippen LogP contribution in [0.1, 0.15) is 132 Å². The lowest BCUT2D eigenvalue weighted by Gasteiger charge is -2.55. The zero-order valence-corrected chi connectivity index (χ0v) is 43.5. The third-order valence-corrected chi connectivity index (χ3v) is 14.5. The number of rotatable bonds is 14. The number of esters is 4. The van der Waals surface area contributed by atoms with Gasteiger partial charge in [-0.1, -0.05) is 121 Å². The predicted octanol–water partition coefficient (Wildman–Crippen LogP) is 9.93. The Bertz CT molecular complexity index is 2050. The molecule has 5 rings (SSSR count). The summed E-state index contributed by atoms with van der Waals surface area (Å²) in [5.41, 5.74) is -0.213. The molecule has 1 aromatic carbocycles. The van der Waals surface area contributed by atoms with Gasteiger partial charge in [0.05, 0.1) is 49.8 Å². The number of ether oxygens (including phenoxy) is 10. The Hall–Kier alpha value is -4.44. The predicted molar refractivity (Wildman–Crippen MR) is 264 cm³/mol. The summed E-state index contributed by atoms with van der Waals surface area (Å²) in [5.74, 6) is -4.15. The first-order valence-electron chi connectivity index (χ1n) is 25.0. The van der Waals surface area contributed by atoms with Crippen molar-refractivity contribution in [2.45, 2.75) is 193 Å². The average molecular weight is 977 g/mol. The molecule has 11 atom stereocenters. The molecule has 0 unspecified atom stereocenters. The molecule has 4 aliphatic heterocycles. The van der Waals surface area contributed by atoms with Gasteiger partial charge in [-0.3, -0.25) is 9.59 Å². The second-order valence-electron chi connectivity index (χ2n) is 20.8. The van der Waals surface area contributed by atoms with Crippen LogP contribution in [0.4, 0.5) is 0 Å². The molecule has 3 fully saturated rings. The van der Waals surface area contributed by atoms with E-state index in [1.165, 1.54) is 33.3 Å². The van der Waals surface area contributed by atoms with Gasteiger partial charge in [-0.25, -0.2) is 9.59 Å². The molecule has 14 nitrogen and oxygen atoms in total. The van der Waals surface area contributed by atoms with E-state index in [-0.39, 0.29) is 50.2 Å². The molecule has 14 heteroatoms. The smallest absolute Gasteiger partial charge is 0.331 e. The minimum atomic E-state index is -1.78. The molecule has 0 N–H and O–H groups in total. The van der Waals surface area contributed by atoms with Crippen LogP contribution in [0.15, 0.2) is 90.6 Å². The number of allylic oxidation sites excluding steroid dienone is 3. The monoisotopic (exact) mass is 977 g/mol. The van der Waals surface area contributed by atoms with Crippen LogP contribution in [-0.2, 0) is 73.2 Å². The molecule has 0 aromatic heterocycles. The molecular formula is C56H80O14. The lowest BCUT2D eigenvalue weighted by atomic mass is 9.65. The largest absolute Gasteiger partial charge is 0.466 e. The number of carbonyl (C=O) groups excluding carboxylic acids is 4. The van der Waals surface area contributed by atoms with Gasteiger partial charge < -0.3 is 47.4 Å². The van der Waals surface area contributed by atoms with Gasteiger partial charge in [0.1, 0.15) is 19.0 Å². The minimum Gasteiger partial charge on any atom is -0.466 e. The second kappa shape index (κ2) is 25.3. The molecule has 0 radical (unpaired) electrons. The summed E-state index contributed by atoms with van der Waals surface area (Å²) in [6, 6.07) is 9.70. The van der Waals surface area contributed by atoms with Crippen LogP contribution in [-0.4, -0.2) is 105 Å². The Morgan fingerprint density at radius 1 is 0.900 bits per heavy atom. The number of cyclic esters (lactones) is 1. The van der Waals surface area contributed by atoms with E-state index >= 15 is 0 Å². The zero-order valence-electron chi connectivity index (χ0n) is 43.5. The Morgan fingerprint density at radius 2 is 1.64 bits per heavy atom. The highest BCUT2D eigenvalue weighted by molar-refractivity contribution is 5.84. The van der Waals surface area contributed by atoms with E-state index in [1.807, 2.05) is 69.3 Å². The van der Waals surface area contributed by atoms with E-state index in [4.69, 9.17) is 47.4 Å². The van der Waals surface area contributed by atoms with Crippen LogP contribution in [0.25, 0.3) is 0 Å². The van der Waals surface area contributed by atoms with Crippen LogP contribution in [0, 0.1) is 16.7 Å². The quantitative estimate of drug-likeness (QED) is 0.0330. The van der Waals surface area contributed by atoms with Crippen molar-refractivity contribution in [1.29, 1.82) is 0 Å². The van der Waals surface area contributed by atoms with E-state index in [1.54, 1.807) is 19.1 Å². The number of methoxy groups -OCH3 is 2. The van der Waals surface area contributed by atoms with Crippen LogP contribution in [0.2, 0.25) is 0 Å². The minimum absolute atomic E-state index is 0.0528. The van der Waals surface area contributed by atoms with E-state index < -0.39 is 76.7 Å². The number of carbonyl (C=O) groups is 4. The zero-order chi connectivity index (χ0) is 51.3. The number of hydrogen-bond donors (Lipinski definition) is 0. The molecule has 6 bridgehead atoms. The summed E-state index contributed by atoms with van der Waals surface area (Å²) < 4.78 is 63.6. The van der Waals surface area contributed by atoms with Crippen LogP contribution in [0.3, 0.4) is 0 Å². The van der Waals surface area contributed by atoms with Gasteiger partial charge in [0, 0.05) is 62.7 Å². The fraction of sp³-hybridized carbons (Fsp3) is 0.643. The fourth-order valence-corrected chi connectivity index (χ4v) is 10.2. The van der Waals surface area contributed by atoms with E-state index in [9.17, 15) is 19.2 Å². The molecular weight excluding hydrogens is 897 g/mol. The first kappa shape index (κ1) is 56.5. The van der Waals surface area contributed by atoms with Crippen molar-refractivity contribution in [1.82, 2.24) is 0 Å². The van der Waals surface area contributed by atoms with Gasteiger partial charge in [0.2, 0.25) is 5.79 Å². The van der Waals surface area contributed by atoms with Crippen LogP contribution < -0.4 is 0 Å². The van der Waals surface area contributed by atoms with Crippen molar-refractivity contribution in [2.24, 2.45) is 16.7 Å². The van der Waals surface area contributed by atoms with Crippen molar-refractivity contribution in [3.63, 3.8) is 0 Å². The first-order chi connectivity index (χ1) is 33.1. The molecule has 4 heterocycles. The van der Waals surface area contributed by atoms with Crippen molar-refractivity contribution in [3.8, 4) is 0 Å². The lowest BCUT2D eigenvalue weighted by Crippen LogP contribution is -2.63. The van der Waals surface area contributed by atoms with Crippen molar-refractivity contribution >= 4 is 23.9 Å². The van der Waals surface area contributed by atoms with Crippen LogP contribution >= 0.6 is 0 Å². The number of benzene rings is 1. The standard InChI is InChI=1S/C56H80O14/c1-13-14-15-16-20-23-49(58)68-52-42(31-50(59)61-11)30-45-32-47(39(4)64-36-63-35-41-21-18-17-19-22-41)67-51(60)29-38(3)27-44-33-48(65-40(5)57)54(8,9)55(10,69-44)34-46-28-37(2)26-43(66-46)24-25-53(6,7)56(52,62-12)70-45/h15-25,31,38-39,43-48,52H,2,13-14,26-30,32-36H2,1,3-12H3/b16-15+,23-20+,25-24+,42-31+/t38-,39-,43+,44-,45+,46+,47-,48+,52+,55-,56-/m1/s1. The maximum atomic E-state index is 14.2. The molecule has 0 aliphatic carbocycles. The Labute approximate surface area is 416 Å². The lowest BCUT2D eigenvalue weighted by molar-refractivity contribution is -0.338. The van der Waals surface area contributed by atoms with Gasteiger partial charge in [-0.2, -0.15) is 0 Å². The maximum Gasteiger partial charge on any atom is 0.331 e. The third-order valence-electron chi connectivity index (χ3n) is 14.5. The topological polar surface area (TPSA) is 161 Å². The first-order valence-corrected chi connectivity index (χ1v) is 25.0. The maximum absolute atomic E-state index is 14.2. The summed E-state index contributed by atoms with van der Waals surface area (Å²) in [4.78, 5) is 53.8. The molecule has 1 aromatic rings. The summed E-state index contributed by atoms with van der Waals surface area (Å²) >= 11 is 0. The average Bonchev–Trinajstić information content (AvgIpc) is 3.28. The summed E-state index contributed by atoms with van der Waals surface area (Å²) in [6.07, 6.45) is 11.3. The SMILES string of the molecule is C=C1C[C@H]2C[C@@]3(C)O[C@H](C[C@@H](C)CC(=O)O[C@@H]([C@@H](C)OCOCc4ccccc4)C[C@@H]4C/C(=C\C(=O)OC)[C@H](OC(=O)/C=C/C=C/CCC)[C@@](OC)(O4)C(C)(C)/C=C/[C@@H](C1)O2)C[C@H](OC(C)=O)C3(C)C. The van der Waals surface area contributed by atoms with Crippen molar-refractivity contribution in [3.05, 3.63) is 96.2 Å². The molecule has 70 heavy (non-hydrogen) atoms. The highest BCUT2D eigenvalue weighted by Crippen LogP contribution is 2.52. The normalized spacial score (nSPS) is 33.2. The summed E-state index contributed by atoms with van der Waals surface area (Å²) in [7, 11) is 2.75. The molecule has 4 aliphatic rings. The van der Waals surface area contributed by atoms with E-state index in [0.29, 0.717) is 44.3 Å². The summed E-state index contributed by atoms with van der Waals surface area (Å²) in [6.45, 7) is 21.9. The highest BCUT2D eigenvalue weighted by atomic mass is 16.7. The second-order valence-corrected chi connectivity index (χ2v) is 20.8. The van der Waals surface area contributed by atoms with Gasteiger partial charge >= 0.3 is 23.9 Å². The van der Waals surface area contributed by atoms with Crippen LogP contribution in [0.5, 0.6) is 0 Å². The summed E-state index contributed by atoms with van der Waals surface area (Å²) in [5, 5.41) is 0. The Balaban J connectivity index is 1.60. The number of fused-ring (bicyclic) bond motifs is 6. The number of hydrogen-bond acceptors (Lipinski definition) is 14. The molecule has 0 spiro atoms. The molecule has 0 amide bonds. The Kier molecular flexibility index (Phi) is 20.4. The van der Waals surface area contributed by atoms with Gasteiger partial charge in [0.15, 0.2) is 6.10 Å². The molecule has 0 saturated carbocycles. The third kappa shape index (κ3) is 14.8. The fourth-order valence-electron chi connectivity index (χ4n) is 10.2. The van der Waals surface area contributed by atoms with Gasteiger partial charge in [0.25, 0.3) is 0 Å². The molecule has 3 saturated heterocycles. The van der Waals surface area contributed by atoms with E-state index in [0.717, 1.165) is 24.0 Å². The van der Waals surface area contributed by atoms with Gasteiger partial charge in [-0.15, -0.1) is 0 Å². The number of unbranched alkanes of at least 4 members (excludes halogenated alkanes) is 1. The highest BCUT2D eigenvalue weighted by Gasteiger charge is 2.60. The van der Waals surface area contributed by atoms with Crippen molar-refractivity contribution < 1.29 is 66.5 Å². The van der Waals surface area contributed by atoms with E-state index in [2.05, 4.69) is 34.3 Å². The van der Waals surface area contributed by atoms with Crippen molar-refractivity contribution in [2.75, 3.05) is 21.0 Å². The van der Waals surface area contributed by atoms with Gasteiger partial charge in [-0.05, 0) is 63.0 Å².